The van der Waals surface area contributed by atoms with E-state index < -0.39 is 17.8 Å². The van der Waals surface area contributed by atoms with E-state index >= 15 is 0 Å². The van der Waals surface area contributed by atoms with Gasteiger partial charge in [-0.05, 0) is 0 Å². The zero-order valence-electron chi connectivity index (χ0n) is 13.0. The molecular weight excluding hydrogens is 366 g/mol. The number of rotatable bonds is 8. The molecule has 0 aromatic heterocycles. The number of hydrogen-bond acceptors (Lipinski definition) is 4. The van der Waals surface area contributed by atoms with Gasteiger partial charge in [0, 0.05) is 0 Å². The van der Waals surface area contributed by atoms with Crippen molar-refractivity contribution in [1.29, 1.82) is 0 Å². The number of benzene rings is 1. The van der Waals surface area contributed by atoms with Gasteiger partial charge >= 0.3 is 138 Å². The van der Waals surface area contributed by atoms with Crippen molar-refractivity contribution < 1.29 is 18.7 Å². The van der Waals surface area contributed by atoms with Crippen molar-refractivity contribution in [1.82, 2.24) is 0 Å². The normalized spacial score (nSPS) is 22.9. The van der Waals surface area contributed by atoms with Gasteiger partial charge < -0.3 is 0 Å². The van der Waals surface area contributed by atoms with Crippen LogP contribution in [-0.4, -0.2) is 43.4 Å². The predicted molar refractivity (Wildman–Crippen MR) is 89.8 cm³/mol. The Balaban J connectivity index is 2.36. The molecule has 2 rings (SSSR count). The molecule has 1 N–H and O–H groups in total. The Morgan fingerprint density at radius 1 is 1.27 bits per heavy atom. The summed E-state index contributed by atoms with van der Waals surface area (Å²) in [7, 11) is -3.38. The Hall–Kier alpha value is -0.411. The molecule has 0 heterocycles. The number of hydrogen-bond donors (Lipinski definition) is 1. The molecule has 0 saturated heterocycles. The van der Waals surface area contributed by atoms with Crippen molar-refractivity contribution in [3.63, 3.8) is 0 Å². The monoisotopic (exact) mass is 390 g/mol. The summed E-state index contributed by atoms with van der Waals surface area (Å²) < 4.78 is 24.9. The summed E-state index contributed by atoms with van der Waals surface area (Å²) in [6, 6.07) is 9.85. The van der Waals surface area contributed by atoms with Crippen LogP contribution in [0.2, 0.25) is 0 Å². The van der Waals surface area contributed by atoms with Gasteiger partial charge in [0.2, 0.25) is 0 Å². The van der Waals surface area contributed by atoms with Crippen molar-refractivity contribution in [2.75, 3.05) is 13.2 Å². The van der Waals surface area contributed by atoms with Crippen molar-refractivity contribution in [3.8, 4) is 0 Å². The maximum atomic E-state index is 13.3. The molecule has 4 nitrogen and oxygen atoms in total. The molecule has 2 unspecified atom stereocenters. The second-order valence-electron chi connectivity index (χ2n) is 5.09. The Morgan fingerprint density at radius 3 is 2.41 bits per heavy atom. The van der Waals surface area contributed by atoms with Crippen LogP contribution in [-0.2, 0) is 13.6 Å². The first-order chi connectivity index (χ1) is 10.5. The van der Waals surface area contributed by atoms with Crippen LogP contribution >= 0.6 is 7.60 Å². The third-order valence-electron chi connectivity index (χ3n) is 3.44. The number of allylic oxidation sites excluding steroid dienone is 1. The molecule has 0 bridgehead atoms. The Morgan fingerprint density at radius 2 is 1.91 bits per heavy atom. The molecule has 6 heteroatoms. The van der Waals surface area contributed by atoms with E-state index in [2.05, 4.69) is 0 Å². The average Bonchev–Trinajstić information content (AvgIpc) is 2.94. The van der Waals surface area contributed by atoms with Crippen LogP contribution in [0.5, 0.6) is 0 Å². The van der Waals surface area contributed by atoms with Crippen molar-refractivity contribution >= 4 is 27.0 Å². The van der Waals surface area contributed by atoms with Crippen molar-refractivity contribution in [2.24, 2.45) is 0 Å². The topological polar surface area (TPSA) is 55.8 Å². The van der Waals surface area contributed by atoms with E-state index in [0.29, 0.717) is 19.6 Å². The summed E-state index contributed by atoms with van der Waals surface area (Å²) in [5.74, 6) is 0. The molecule has 22 heavy (non-hydrogen) atoms. The first kappa shape index (κ1) is 17.9. The first-order valence-corrected chi connectivity index (χ1v) is 11.0. The summed E-state index contributed by atoms with van der Waals surface area (Å²) in [5, 5.41) is 11.0. The van der Waals surface area contributed by atoms with E-state index in [1.165, 1.54) is 0 Å². The van der Waals surface area contributed by atoms with Gasteiger partial charge in [-0.3, -0.25) is 0 Å². The van der Waals surface area contributed by atoms with Crippen molar-refractivity contribution in [3.05, 3.63) is 42.5 Å². The van der Waals surface area contributed by atoms with E-state index in [4.69, 9.17) is 9.05 Å². The fourth-order valence-corrected chi connectivity index (χ4v) is 8.70. The molecule has 1 aromatic rings. The molecule has 0 fully saturated rings. The first-order valence-electron chi connectivity index (χ1n) is 7.54. The minimum absolute atomic E-state index is 0.218. The molecule has 1 aromatic carbocycles. The van der Waals surface area contributed by atoms with Gasteiger partial charge in [-0.15, -0.1) is 0 Å². The molecule has 2 atom stereocenters. The quantitative estimate of drug-likeness (QED) is 0.422. The summed E-state index contributed by atoms with van der Waals surface area (Å²) in [6.07, 6.45) is 5.07. The summed E-state index contributed by atoms with van der Waals surface area (Å²) in [5.41, 5.74) is -1.12. The fraction of sp³-hybridized carbons (Fsp3) is 0.500. The molecule has 0 amide bonds. The van der Waals surface area contributed by atoms with Crippen LogP contribution in [0.15, 0.2) is 42.5 Å². The predicted octanol–water partition coefficient (Wildman–Crippen LogP) is 2.69. The van der Waals surface area contributed by atoms with Gasteiger partial charge in [-0.25, -0.2) is 0 Å². The van der Waals surface area contributed by atoms with E-state index in [-0.39, 0.29) is 15.0 Å². The molecule has 1 aliphatic carbocycles. The second kappa shape index (κ2) is 7.92. The maximum absolute atomic E-state index is 13.3. The molecule has 1 aliphatic rings. The van der Waals surface area contributed by atoms with E-state index in [1.54, 1.807) is 19.9 Å². The van der Waals surface area contributed by atoms with Crippen LogP contribution < -0.4 is 4.46 Å². The van der Waals surface area contributed by atoms with E-state index in [0.717, 1.165) is 10.9 Å². The summed E-state index contributed by atoms with van der Waals surface area (Å²) in [6.45, 7) is 4.20. The van der Waals surface area contributed by atoms with E-state index in [9.17, 15) is 9.67 Å². The zero-order valence-corrected chi connectivity index (χ0v) is 15.6. The minimum atomic E-state index is -3.38. The SMILES string of the molecule is CCOP(=O)(OCC)C([Se]c1ccccc1)C1(O)C=CCC1. The second-order valence-corrected chi connectivity index (χ2v) is 10.5. The average molecular weight is 389 g/mol. The van der Waals surface area contributed by atoms with Crippen LogP contribution in [0.25, 0.3) is 0 Å². The third-order valence-corrected chi connectivity index (χ3v) is 10.3. The van der Waals surface area contributed by atoms with Gasteiger partial charge in [0.1, 0.15) is 0 Å². The standard InChI is InChI=1S/C16H23O4PSe/c1-3-19-21(18,20-4-2)15(16(17)12-8-9-13-16)22-14-10-6-5-7-11-14/h5-8,10-12,15,17H,3-4,9,13H2,1-2H3. The van der Waals surface area contributed by atoms with Crippen LogP contribution in [0.3, 0.4) is 0 Å². The molecular formula is C16H23O4PSe. The Labute approximate surface area is 138 Å². The van der Waals surface area contributed by atoms with Crippen LogP contribution in [0.4, 0.5) is 0 Å². The van der Waals surface area contributed by atoms with Gasteiger partial charge in [0.15, 0.2) is 0 Å². The van der Waals surface area contributed by atoms with Gasteiger partial charge in [-0.2, -0.15) is 0 Å². The van der Waals surface area contributed by atoms with Gasteiger partial charge in [0.25, 0.3) is 0 Å². The molecule has 0 saturated carbocycles. The molecule has 0 spiro atoms. The summed E-state index contributed by atoms with van der Waals surface area (Å²) >= 11 is -0.218. The van der Waals surface area contributed by atoms with E-state index in [1.807, 2.05) is 36.4 Å². The van der Waals surface area contributed by atoms with Gasteiger partial charge in [-0.1, -0.05) is 0 Å². The van der Waals surface area contributed by atoms with Crippen molar-refractivity contribution in [2.45, 2.75) is 36.8 Å². The Bertz CT molecular complexity index is 538. The van der Waals surface area contributed by atoms with Crippen LogP contribution in [0.1, 0.15) is 26.7 Å². The zero-order chi connectivity index (χ0) is 16.1. The molecule has 122 valence electrons. The Kier molecular flexibility index (Phi) is 6.46. The van der Waals surface area contributed by atoms with Gasteiger partial charge in [0.05, 0.1) is 0 Å². The fourth-order valence-electron chi connectivity index (χ4n) is 2.49. The van der Waals surface area contributed by atoms with Crippen LogP contribution in [0, 0.1) is 0 Å². The molecule has 0 radical (unpaired) electrons. The summed E-state index contributed by atoms with van der Waals surface area (Å²) in [4.78, 5) is 0. The third kappa shape index (κ3) is 4.11. The molecule has 0 aliphatic heterocycles. The number of aliphatic hydroxyl groups is 1.